The van der Waals surface area contributed by atoms with Gasteiger partial charge in [0, 0.05) is 30.6 Å². The lowest BCUT2D eigenvalue weighted by Crippen LogP contribution is -2.38. The monoisotopic (exact) mass is 265 g/mol. The van der Waals surface area contributed by atoms with Gasteiger partial charge in [-0.2, -0.15) is 11.8 Å². The van der Waals surface area contributed by atoms with E-state index >= 15 is 0 Å². The summed E-state index contributed by atoms with van der Waals surface area (Å²) in [5.41, 5.74) is 0. The SMILES string of the molecule is CCCNc1cccc(N2CCSC(CC)C2)n1. The van der Waals surface area contributed by atoms with E-state index in [0.717, 1.165) is 42.9 Å². The fraction of sp³-hybridized carbons (Fsp3) is 0.643. The third kappa shape index (κ3) is 3.55. The van der Waals surface area contributed by atoms with E-state index < -0.39 is 0 Å². The molecule has 1 aliphatic rings. The molecular formula is C14H23N3S. The predicted molar refractivity (Wildman–Crippen MR) is 81.8 cm³/mol. The van der Waals surface area contributed by atoms with E-state index in [-0.39, 0.29) is 0 Å². The highest BCUT2D eigenvalue weighted by Gasteiger charge is 2.19. The van der Waals surface area contributed by atoms with Crippen LogP contribution in [0.3, 0.4) is 0 Å². The van der Waals surface area contributed by atoms with Crippen LogP contribution in [0.4, 0.5) is 11.6 Å². The van der Waals surface area contributed by atoms with Crippen molar-refractivity contribution >= 4 is 23.4 Å². The molecule has 1 atom stereocenters. The normalized spacial score (nSPS) is 19.9. The molecule has 1 saturated heterocycles. The van der Waals surface area contributed by atoms with Crippen molar-refractivity contribution < 1.29 is 0 Å². The second kappa shape index (κ2) is 6.88. The van der Waals surface area contributed by atoms with Gasteiger partial charge in [-0.05, 0) is 25.0 Å². The minimum atomic E-state index is 0.757. The lowest BCUT2D eigenvalue weighted by Gasteiger charge is -2.32. The van der Waals surface area contributed by atoms with Crippen LogP contribution in [0.5, 0.6) is 0 Å². The molecule has 2 rings (SSSR count). The second-order valence-electron chi connectivity index (χ2n) is 4.65. The Balaban J connectivity index is 2.02. The molecule has 1 aromatic rings. The maximum atomic E-state index is 4.71. The van der Waals surface area contributed by atoms with Gasteiger partial charge in [-0.15, -0.1) is 0 Å². The first kappa shape index (κ1) is 13.5. The van der Waals surface area contributed by atoms with Crippen LogP contribution in [0.2, 0.25) is 0 Å². The van der Waals surface area contributed by atoms with Gasteiger partial charge in [0.2, 0.25) is 0 Å². The molecule has 0 aliphatic carbocycles. The number of rotatable bonds is 5. The zero-order chi connectivity index (χ0) is 12.8. The van der Waals surface area contributed by atoms with Crippen molar-refractivity contribution in [1.29, 1.82) is 0 Å². The molecule has 100 valence electrons. The van der Waals surface area contributed by atoms with E-state index in [2.05, 4.69) is 54.0 Å². The number of aromatic nitrogens is 1. The summed E-state index contributed by atoms with van der Waals surface area (Å²) in [6.07, 6.45) is 2.37. The fourth-order valence-corrected chi connectivity index (χ4v) is 3.31. The standard InChI is InChI=1S/C14H23N3S/c1-3-8-15-13-6-5-7-14(16-13)17-9-10-18-12(4-2)11-17/h5-7,12H,3-4,8-11H2,1-2H3,(H,15,16). The first-order valence-electron chi connectivity index (χ1n) is 6.91. The highest BCUT2D eigenvalue weighted by atomic mass is 32.2. The molecule has 1 aliphatic heterocycles. The molecular weight excluding hydrogens is 242 g/mol. The third-order valence-corrected chi connectivity index (χ3v) is 4.58. The van der Waals surface area contributed by atoms with Gasteiger partial charge in [-0.3, -0.25) is 0 Å². The Morgan fingerprint density at radius 3 is 3.11 bits per heavy atom. The third-order valence-electron chi connectivity index (χ3n) is 3.21. The summed E-state index contributed by atoms with van der Waals surface area (Å²) >= 11 is 2.09. The molecule has 0 aromatic carbocycles. The molecule has 0 spiro atoms. The molecule has 1 unspecified atom stereocenters. The number of thioether (sulfide) groups is 1. The number of pyridine rings is 1. The van der Waals surface area contributed by atoms with Crippen LogP contribution in [0.15, 0.2) is 18.2 Å². The summed E-state index contributed by atoms with van der Waals surface area (Å²) in [5, 5.41) is 4.11. The number of hydrogen-bond donors (Lipinski definition) is 1. The van der Waals surface area contributed by atoms with Crippen LogP contribution in [0.25, 0.3) is 0 Å². The molecule has 2 heterocycles. The van der Waals surface area contributed by atoms with Crippen LogP contribution in [-0.4, -0.2) is 35.6 Å². The van der Waals surface area contributed by atoms with Crippen molar-refractivity contribution in [1.82, 2.24) is 4.98 Å². The van der Waals surface area contributed by atoms with E-state index in [0.29, 0.717) is 0 Å². The summed E-state index contributed by atoms with van der Waals surface area (Å²) in [6.45, 7) is 7.68. The van der Waals surface area contributed by atoms with E-state index in [1.807, 2.05) is 0 Å². The van der Waals surface area contributed by atoms with E-state index in [1.165, 1.54) is 12.2 Å². The first-order valence-corrected chi connectivity index (χ1v) is 7.95. The Morgan fingerprint density at radius 1 is 1.44 bits per heavy atom. The van der Waals surface area contributed by atoms with Crippen LogP contribution >= 0.6 is 11.8 Å². The topological polar surface area (TPSA) is 28.2 Å². The summed E-state index contributed by atoms with van der Waals surface area (Å²) in [6, 6.07) is 6.28. The van der Waals surface area contributed by atoms with E-state index in [9.17, 15) is 0 Å². The van der Waals surface area contributed by atoms with Crippen molar-refractivity contribution in [3.8, 4) is 0 Å². The summed E-state index contributed by atoms with van der Waals surface area (Å²) in [5.74, 6) is 3.34. The number of nitrogens with one attached hydrogen (secondary N) is 1. The molecule has 0 radical (unpaired) electrons. The predicted octanol–water partition coefficient (Wildman–Crippen LogP) is 3.24. The van der Waals surface area contributed by atoms with Crippen molar-refractivity contribution in [2.75, 3.05) is 35.6 Å². The van der Waals surface area contributed by atoms with Gasteiger partial charge in [-0.25, -0.2) is 4.98 Å². The van der Waals surface area contributed by atoms with Gasteiger partial charge < -0.3 is 10.2 Å². The van der Waals surface area contributed by atoms with Crippen molar-refractivity contribution in [3.05, 3.63) is 18.2 Å². The minimum Gasteiger partial charge on any atom is -0.370 e. The highest BCUT2D eigenvalue weighted by molar-refractivity contribution is 8.00. The molecule has 0 bridgehead atoms. The van der Waals surface area contributed by atoms with Gasteiger partial charge >= 0.3 is 0 Å². The van der Waals surface area contributed by atoms with Crippen LogP contribution in [0, 0.1) is 0 Å². The Kier molecular flexibility index (Phi) is 5.17. The Labute approximate surface area is 114 Å². The molecule has 1 N–H and O–H groups in total. The number of nitrogens with zero attached hydrogens (tertiary/aromatic N) is 2. The molecule has 1 aromatic heterocycles. The van der Waals surface area contributed by atoms with Gasteiger partial charge in [0.05, 0.1) is 0 Å². The van der Waals surface area contributed by atoms with Gasteiger partial charge in [0.25, 0.3) is 0 Å². The Bertz CT molecular complexity index is 370. The highest BCUT2D eigenvalue weighted by Crippen LogP contribution is 2.25. The van der Waals surface area contributed by atoms with Crippen LogP contribution < -0.4 is 10.2 Å². The molecule has 4 heteroatoms. The molecule has 0 saturated carbocycles. The van der Waals surface area contributed by atoms with Crippen LogP contribution in [0.1, 0.15) is 26.7 Å². The smallest absolute Gasteiger partial charge is 0.131 e. The van der Waals surface area contributed by atoms with Crippen LogP contribution in [-0.2, 0) is 0 Å². The lowest BCUT2D eigenvalue weighted by atomic mass is 10.3. The minimum absolute atomic E-state index is 0.757. The fourth-order valence-electron chi connectivity index (χ4n) is 2.13. The lowest BCUT2D eigenvalue weighted by molar-refractivity contribution is 0.720. The average molecular weight is 265 g/mol. The quantitative estimate of drug-likeness (QED) is 0.884. The van der Waals surface area contributed by atoms with Gasteiger partial charge in [0.1, 0.15) is 11.6 Å². The van der Waals surface area contributed by atoms with Crippen molar-refractivity contribution in [3.63, 3.8) is 0 Å². The summed E-state index contributed by atoms with van der Waals surface area (Å²) in [4.78, 5) is 7.13. The van der Waals surface area contributed by atoms with Gasteiger partial charge in [-0.1, -0.05) is 19.9 Å². The summed E-state index contributed by atoms with van der Waals surface area (Å²) in [7, 11) is 0. The maximum Gasteiger partial charge on any atom is 0.131 e. The molecule has 3 nitrogen and oxygen atoms in total. The zero-order valence-corrected chi connectivity index (χ0v) is 12.2. The Morgan fingerprint density at radius 2 is 2.33 bits per heavy atom. The first-order chi connectivity index (χ1) is 8.83. The zero-order valence-electron chi connectivity index (χ0n) is 11.4. The van der Waals surface area contributed by atoms with E-state index in [1.54, 1.807) is 0 Å². The maximum absolute atomic E-state index is 4.71. The molecule has 1 fully saturated rings. The largest absolute Gasteiger partial charge is 0.370 e. The number of anilines is 2. The number of hydrogen-bond acceptors (Lipinski definition) is 4. The molecule has 18 heavy (non-hydrogen) atoms. The Hall–Kier alpha value is -0.900. The average Bonchev–Trinajstić information content (AvgIpc) is 2.45. The second-order valence-corrected chi connectivity index (χ2v) is 6.06. The van der Waals surface area contributed by atoms with Gasteiger partial charge in [0.15, 0.2) is 0 Å². The summed E-state index contributed by atoms with van der Waals surface area (Å²) < 4.78 is 0. The van der Waals surface area contributed by atoms with E-state index in [4.69, 9.17) is 4.98 Å². The van der Waals surface area contributed by atoms with Crippen molar-refractivity contribution in [2.24, 2.45) is 0 Å². The molecule has 0 amide bonds. The van der Waals surface area contributed by atoms with Crippen molar-refractivity contribution in [2.45, 2.75) is 31.9 Å².